The highest BCUT2D eigenvalue weighted by molar-refractivity contribution is 6.04. The van der Waals surface area contributed by atoms with E-state index in [2.05, 4.69) is 16.0 Å². The molecule has 0 aliphatic heterocycles. The highest BCUT2D eigenvalue weighted by Crippen LogP contribution is 2.20. The van der Waals surface area contributed by atoms with Crippen LogP contribution < -0.4 is 16.0 Å². The van der Waals surface area contributed by atoms with Crippen molar-refractivity contribution >= 4 is 29.2 Å². The van der Waals surface area contributed by atoms with Crippen LogP contribution in [0.1, 0.15) is 59.7 Å². The van der Waals surface area contributed by atoms with Crippen LogP contribution in [0.5, 0.6) is 0 Å². The van der Waals surface area contributed by atoms with Crippen LogP contribution in [0.25, 0.3) is 0 Å². The quantitative estimate of drug-likeness (QED) is 0.530. The molecule has 1 aliphatic carbocycles. The third kappa shape index (κ3) is 6.57. The Labute approximate surface area is 182 Å². The molecule has 31 heavy (non-hydrogen) atoms. The van der Waals surface area contributed by atoms with Gasteiger partial charge in [0.05, 0.1) is 30.0 Å². The van der Waals surface area contributed by atoms with E-state index >= 15 is 0 Å². The molecule has 7 heteroatoms. The SMILES string of the molecule is CCCOC(=O)c1ccc(NCC(=O)Nc2ccccc2C(=O)NC2CCCC2)cc1. The molecule has 0 unspecified atom stereocenters. The highest BCUT2D eigenvalue weighted by atomic mass is 16.5. The topological polar surface area (TPSA) is 96.5 Å². The van der Waals surface area contributed by atoms with Crippen LogP contribution in [0, 0.1) is 0 Å². The number of anilines is 2. The van der Waals surface area contributed by atoms with Gasteiger partial charge < -0.3 is 20.7 Å². The van der Waals surface area contributed by atoms with E-state index in [1.165, 1.54) is 0 Å². The highest BCUT2D eigenvalue weighted by Gasteiger charge is 2.20. The number of para-hydroxylation sites is 1. The minimum absolute atomic E-state index is 0.0260. The maximum Gasteiger partial charge on any atom is 0.338 e. The zero-order valence-corrected chi connectivity index (χ0v) is 17.8. The number of hydrogen-bond donors (Lipinski definition) is 3. The van der Waals surface area contributed by atoms with Gasteiger partial charge in [0.25, 0.3) is 5.91 Å². The zero-order valence-electron chi connectivity index (χ0n) is 17.8. The molecule has 0 aromatic heterocycles. The van der Waals surface area contributed by atoms with Crippen LogP contribution in [0.4, 0.5) is 11.4 Å². The van der Waals surface area contributed by atoms with E-state index in [1.54, 1.807) is 48.5 Å². The Morgan fingerprint density at radius 3 is 2.42 bits per heavy atom. The van der Waals surface area contributed by atoms with Crippen LogP contribution >= 0.6 is 0 Å². The molecule has 2 amide bonds. The lowest BCUT2D eigenvalue weighted by Crippen LogP contribution is -2.33. The van der Waals surface area contributed by atoms with Crippen LogP contribution in [0.2, 0.25) is 0 Å². The number of nitrogens with one attached hydrogen (secondary N) is 3. The molecule has 0 atom stereocenters. The van der Waals surface area contributed by atoms with Crippen molar-refractivity contribution < 1.29 is 19.1 Å². The zero-order chi connectivity index (χ0) is 22.1. The van der Waals surface area contributed by atoms with Crippen LogP contribution in [0.3, 0.4) is 0 Å². The van der Waals surface area contributed by atoms with Crippen LogP contribution in [-0.4, -0.2) is 37.0 Å². The van der Waals surface area contributed by atoms with E-state index in [9.17, 15) is 14.4 Å². The van der Waals surface area contributed by atoms with Gasteiger partial charge in [0, 0.05) is 11.7 Å². The molecule has 0 heterocycles. The van der Waals surface area contributed by atoms with E-state index in [0.717, 1.165) is 32.1 Å². The standard InChI is InChI=1S/C24H29N3O4/c1-2-15-31-24(30)17-11-13-18(14-12-17)25-16-22(28)27-21-10-6-5-9-20(21)23(29)26-19-7-3-4-8-19/h5-6,9-14,19,25H,2-4,7-8,15-16H2,1H3,(H,26,29)(H,27,28). The number of ether oxygens (including phenoxy) is 1. The Balaban J connectivity index is 1.53. The fraction of sp³-hybridized carbons (Fsp3) is 0.375. The summed E-state index contributed by atoms with van der Waals surface area (Å²) in [6.07, 6.45) is 5.04. The molecule has 1 saturated carbocycles. The summed E-state index contributed by atoms with van der Waals surface area (Å²) in [5, 5.41) is 8.87. The summed E-state index contributed by atoms with van der Waals surface area (Å²) in [5.41, 5.74) is 2.11. The van der Waals surface area contributed by atoms with E-state index in [1.807, 2.05) is 6.92 Å². The number of rotatable bonds is 9. The second-order valence-electron chi connectivity index (χ2n) is 7.62. The average molecular weight is 424 g/mol. The normalized spacial score (nSPS) is 13.5. The van der Waals surface area contributed by atoms with Crippen molar-refractivity contribution in [1.29, 1.82) is 0 Å². The fourth-order valence-electron chi connectivity index (χ4n) is 3.50. The van der Waals surface area contributed by atoms with Gasteiger partial charge in [0.2, 0.25) is 5.91 Å². The summed E-state index contributed by atoms with van der Waals surface area (Å²) in [6, 6.07) is 14.0. The minimum atomic E-state index is -0.362. The molecule has 164 valence electrons. The van der Waals surface area contributed by atoms with Gasteiger partial charge in [0.1, 0.15) is 0 Å². The van der Waals surface area contributed by atoms with E-state index in [-0.39, 0.29) is 30.4 Å². The van der Waals surface area contributed by atoms with E-state index in [0.29, 0.717) is 29.1 Å². The summed E-state index contributed by atoms with van der Waals surface area (Å²) >= 11 is 0. The Bertz CT molecular complexity index is 905. The first-order valence-corrected chi connectivity index (χ1v) is 10.8. The minimum Gasteiger partial charge on any atom is -0.462 e. The third-order valence-electron chi connectivity index (χ3n) is 5.15. The maximum atomic E-state index is 12.6. The summed E-state index contributed by atoms with van der Waals surface area (Å²) in [6.45, 7) is 2.35. The molecule has 0 radical (unpaired) electrons. The lowest BCUT2D eigenvalue weighted by atomic mass is 10.1. The average Bonchev–Trinajstić information content (AvgIpc) is 3.29. The number of amides is 2. The van der Waals surface area contributed by atoms with Gasteiger partial charge in [-0.25, -0.2) is 4.79 Å². The lowest BCUT2D eigenvalue weighted by molar-refractivity contribution is -0.114. The Morgan fingerprint density at radius 2 is 1.71 bits per heavy atom. The van der Waals surface area contributed by atoms with Gasteiger partial charge in [-0.15, -0.1) is 0 Å². The third-order valence-corrected chi connectivity index (χ3v) is 5.15. The first-order chi connectivity index (χ1) is 15.1. The first-order valence-electron chi connectivity index (χ1n) is 10.8. The molecule has 1 aliphatic rings. The van der Waals surface area contributed by atoms with E-state index in [4.69, 9.17) is 4.74 Å². The molecule has 2 aromatic rings. The first kappa shape index (κ1) is 22.3. The predicted octanol–water partition coefficient (Wildman–Crippen LogP) is 3.98. The van der Waals surface area contributed by atoms with Crippen molar-refractivity contribution in [1.82, 2.24) is 5.32 Å². The number of carbonyl (C=O) groups is 3. The van der Waals surface area contributed by atoms with Gasteiger partial charge >= 0.3 is 5.97 Å². The smallest absolute Gasteiger partial charge is 0.338 e. The van der Waals surface area contributed by atoms with Crippen molar-refractivity contribution in [2.75, 3.05) is 23.8 Å². The second kappa shape index (κ2) is 11.2. The summed E-state index contributed by atoms with van der Waals surface area (Å²) in [5.74, 6) is -0.799. The molecular weight excluding hydrogens is 394 g/mol. The lowest BCUT2D eigenvalue weighted by Gasteiger charge is -2.15. The van der Waals surface area contributed by atoms with Crippen molar-refractivity contribution in [3.63, 3.8) is 0 Å². The van der Waals surface area contributed by atoms with Crippen molar-refractivity contribution in [3.05, 3.63) is 59.7 Å². The second-order valence-corrected chi connectivity index (χ2v) is 7.62. The van der Waals surface area contributed by atoms with Gasteiger partial charge in [-0.2, -0.15) is 0 Å². The molecule has 3 rings (SSSR count). The van der Waals surface area contributed by atoms with Crippen LogP contribution in [-0.2, 0) is 9.53 Å². The van der Waals surface area contributed by atoms with Gasteiger partial charge in [0.15, 0.2) is 0 Å². The monoisotopic (exact) mass is 423 g/mol. The number of benzene rings is 2. The van der Waals surface area contributed by atoms with E-state index < -0.39 is 0 Å². The number of carbonyl (C=O) groups excluding carboxylic acids is 3. The van der Waals surface area contributed by atoms with Gasteiger partial charge in [-0.05, 0) is 55.7 Å². The van der Waals surface area contributed by atoms with Crippen LogP contribution in [0.15, 0.2) is 48.5 Å². The molecule has 2 aromatic carbocycles. The Hall–Kier alpha value is -3.35. The molecule has 1 fully saturated rings. The molecule has 7 nitrogen and oxygen atoms in total. The summed E-state index contributed by atoms with van der Waals surface area (Å²) in [7, 11) is 0. The largest absolute Gasteiger partial charge is 0.462 e. The van der Waals surface area contributed by atoms with Crippen molar-refractivity contribution in [3.8, 4) is 0 Å². The molecule has 3 N–H and O–H groups in total. The van der Waals surface area contributed by atoms with Gasteiger partial charge in [-0.3, -0.25) is 9.59 Å². The Morgan fingerprint density at radius 1 is 1.00 bits per heavy atom. The van der Waals surface area contributed by atoms with Crippen molar-refractivity contribution in [2.24, 2.45) is 0 Å². The van der Waals surface area contributed by atoms with Gasteiger partial charge in [-0.1, -0.05) is 31.9 Å². The molecule has 0 bridgehead atoms. The number of esters is 1. The molecule has 0 saturated heterocycles. The van der Waals surface area contributed by atoms with Crippen molar-refractivity contribution in [2.45, 2.75) is 45.1 Å². The number of hydrogen-bond acceptors (Lipinski definition) is 5. The Kier molecular flexibility index (Phi) is 8.04. The summed E-state index contributed by atoms with van der Waals surface area (Å²) < 4.78 is 5.10. The summed E-state index contributed by atoms with van der Waals surface area (Å²) in [4.78, 5) is 36.9. The predicted molar refractivity (Wildman–Crippen MR) is 120 cm³/mol. The molecular formula is C24H29N3O4. The molecule has 0 spiro atoms. The maximum absolute atomic E-state index is 12.6. The fourth-order valence-corrected chi connectivity index (χ4v) is 3.50.